The van der Waals surface area contributed by atoms with Gasteiger partial charge in [0.05, 0.1) is 5.75 Å². The van der Waals surface area contributed by atoms with Crippen LogP contribution in [-0.4, -0.2) is 33.0 Å². The summed E-state index contributed by atoms with van der Waals surface area (Å²) in [7, 11) is -2.79. The topological polar surface area (TPSA) is 46.2 Å². The molecule has 0 saturated carbocycles. The van der Waals surface area contributed by atoms with Crippen molar-refractivity contribution < 1.29 is 8.42 Å². The Hall–Kier alpha value is -0.0900. The van der Waals surface area contributed by atoms with Gasteiger partial charge in [-0.1, -0.05) is 27.2 Å². The number of sulfone groups is 1. The molecule has 1 atom stereocenters. The minimum Gasteiger partial charge on any atom is -0.315 e. The van der Waals surface area contributed by atoms with E-state index in [1.807, 2.05) is 0 Å². The summed E-state index contributed by atoms with van der Waals surface area (Å²) in [5, 5.41) is 3.18. The van der Waals surface area contributed by atoms with Crippen LogP contribution >= 0.6 is 0 Å². The van der Waals surface area contributed by atoms with Gasteiger partial charge in [-0.05, 0) is 18.9 Å². The number of hydrogen-bond donors (Lipinski definition) is 1. The molecule has 0 aliphatic rings. The minimum atomic E-state index is -2.79. The average molecular weight is 221 g/mol. The Labute approximate surface area is 88.2 Å². The summed E-state index contributed by atoms with van der Waals surface area (Å²) in [6, 6.07) is 0. The van der Waals surface area contributed by atoms with Gasteiger partial charge >= 0.3 is 0 Å². The van der Waals surface area contributed by atoms with Gasteiger partial charge < -0.3 is 5.32 Å². The van der Waals surface area contributed by atoms with Crippen LogP contribution in [-0.2, 0) is 9.84 Å². The second-order valence-electron chi connectivity index (χ2n) is 3.83. The standard InChI is InChI=1S/C10H23NO2S/c1-4-6-10(3)9-11-7-8-14(12,13)5-2/h10-11H,4-9H2,1-3H3. The summed E-state index contributed by atoms with van der Waals surface area (Å²) in [5.41, 5.74) is 0. The molecule has 0 spiro atoms. The third-order valence-corrected chi connectivity index (χ3v) is 4.01. The SMILES string of the molecule is CCCC(C)CNCCS(=O)(=O)CC. The maximum Gasteiger partial charge on any atom is 0.151 e. The van der Waals surface area contributed by atoms with E-state index in [2.05, 4.69) is 19.2 Å². The lowest BCUT2D eigenvalue weighted by atomic mass is 10.1. The van der Waals surface area contributed by atoms with Gasteiger partial charge in [-0.3, -0.25) is 0 Å². The Morgan fingerprint density at radius 2 is 1.93 bits per heavy atom. The summed E-state index contributed by atoms with van der Waals surface area (Å²) in [4.78, 5) is 0. The molecule has 3 nitrogen and oxygen atoms in total. The summed E-state index contributed by atoms with van der Waals surface area (Å²) in [6.07, 6.45) is 2.39. The van der Waals surface area contributed by atoms with Gasteiger partial charge in [-0.25, -0.2) is 8.42 Å². The van der Waals surface area contributed by atoms with Crippen LogP contribution in [0.4, 0.5) is 0 Å². The van der Waals surface area contributed by atoms with E-state index in [4.69, 9.17) is 0 Å². The van der Waals surface area contributed by atoms with Crippen molar-refractivity contribution >= 4 is 9.84 Å². The van der Waals surface area contributed by atoms with Crippen molar-refractivity contribution in [3.63, 3.8) is 0 Å². The Bertz CT molecular complexity index is 224. The molecule has 0 fully saturated rings. The highest BCUT2D eigenvalue weighted by Gasteiger charge is 2.06. The van der Waals surface area contributed by atoms with E-state index < -0.39 is 9.84 Å². The minimum absolute atomic E-state index is 0.249. The van der Waals surface area contributed by atoms with E-state index in [0.717, 1.165) is 6.54 Å². The largest absolute Gasteiger partial charge is 0.315 e. The van der Waals surface area contributed by atoms with E-state index in [9.17, 15) is 8.42 Å². The normalized spacial score (nSPS) is 14.2. The molecule has 0 aliphatic carbocycles. The molecule has 0 aromatic heterocycles. The quantitative estimate of drug-likeness (QED) is 0.631. The first-order valence-electron chi connectivity index (χ1n) is 5.43. The fourth-order valence-corrected chi connectivity index (χ4v) is 2.06. The van der Waals surface area contributed by atoms with Crippen LogP contribution in [0.3, 0.4) is 0 Å². The van der Waals surface area contributed by atoms with Crippen molar-refractivity contribution in [2.75, 3.05) is 24.6 Å². The van der Waals surface area contributed by atoms with Crippen LogP contribution in [0.25, 0.3) is 0 Å². The van der Waals surface area contributed by atoms with Crippen molar-refractivity contribution in [1.29, 1.82) is 0 Å². The molecule has 86 valence electrons. The highest BCUT2D eigenvalue weighted by atomic mass is 32.2. The maximum atomic E-state index is 11.1. The average Bonchev–Trinajstić information content (AvgIpc) is 2.13. The van der Waals surface area contributed by atoms with Crippen molar-refractivity contribution in [2.45, 2.75) is 33.6 Å². The first kappa shape index (κ1) is 13.9. The Morgan fingerprint density at radius 3 is 2.43 bits per heavy atom. The second kappa shape index (κ2) is 7.23. The first-order chi connectivity index (χ1) is 6.52. The summed E-state index contributed by atoms with van der Waals surface area (Å²) < 4.78 is 22.3. The van der Waals surface area contributed by atoms with Crippen molar-refractivity contribution in [3.05, 3.63) is 0 Å². The number of hydrogen-bond acceptors (Lipinski definition) is 3. The van der Waals surface area contributed by atoms with Crippen LogP contribution in [0, 0.1) is 5.92 Å². The van der Waals surface area contributed by atoms with Gasteiger partial charge in [0.2, 0.25) is 0 Å². The van der Waals surface area contributed by atoms with Crippen LogP contribution in [0.15, 0.2) is 0 Å². The van der Waals surface area contributed by atoms with Gasteiger partial charge in [-0.2, -0.15) is 0 Å². The lowest BCUT2D eigenvalue weighted by Gasteiger charge is -2.10. The smallest absolute Gasteiger partial charge is 0.151 e. The Morgan fingerprint density at radius 1 is 1.29 bits per heavy atom. The fraction of sp³-hybridized carbons (Fsp3) is 1.00. The molecule has 0 aromatic rings. The molecule has 0 aromatic carbocycles. The van der Waals surface area contributed by atoms with Gasteiger partial charge in [0.15, 0.2) is 9.84 Å². The molecule has 0 rings (SSSR count). The molecular weight excluding hydrogens is 198 g/mol. The van der Waals surface area contributed by atoms with E-state index in [0.29, 0.717) is 12.5 Å². The summed E-state index contributed by atoms with van der Waals surface area (Å²) >= 11 is 0. The van der Waals surface area contributed by atoms with Crippen molar-refractivity contribution in [2.24, 2.45) is 5.92 Å². The highest BCUT2D eigenvalue weighted by Crippen LogP contribution is 2.02. The molecule has 4 heteroatoms. The van der Waals surface area contributed by atoms with Crippen LogP contribution in [0.5, 0.6) is 0 Å². The molecule has 0 saturated heterocycles. The molecule has 0 aliphatic heterocycles. The predicted molar refractivity (Wildman–Crippen MR) is 61.3 cm³/mol. The monoisotopic (exact) mass is 221 g/mol. The highest BCUT2D eigenvalue weighted by molar-refractivity contribution is 7.91. The zero-order valence-electron chi connectivity index (χ0n) is 9.54. The van der Waals surface area contributed by atoms with E-state index in [1.54, 1.807) is 6.92 Å². The van der Waals surface area contributed by atoms with Crippen LogP contribution in [0.2, 0.25) is 0 Å². The van der Waals surface area contributed by atoms with Crippen molar-refractivity contribution in [1.82, 2.24) is 5.32 Å². The molecular formula is C10H23NO2S. The Balaban J connectivity index is 3.47. The van der Waals surface area contributed by atoms with Crippen LogP contribution < -0.4 is 5.32 Å². The van der Waals surface area contributed by atoms with Crippen LogP contribution in [0.1, 0.15) is 33.6 Å². The van der Waals surface area contributed by atoms with Gasteiger partial charge in [0.25, 0.3) is 0 Å². The van der Waals surface area contributed by atoms with E-state index in [1.165, 1.54) is 12.8 Å². The lowest BCUT2D eigenvalue weighted by molar-refractivity contribution is 0.483. The molecule has 1 N–H and O–H groups in total. The first-order valence-corrected chi connectivity index (χ1v) is 7.25. The van der Waals surface area contributed by atoms with E-state index in [-0.39, 0.29) is 11.5 Å². The predicted octanol–water partition coefficient (Wildman–Crippen LogP) is 1.45. The molecule has 1 unspecified atom stereocenters. The molecule has 0 radical (unpaired) electrons. The third-order valence-electron chi connectivity index (χ3n) is 2.30. The number of nitrogens with one attached hydrogen (secondary N) is 1. The lowest BCUT2D eigenvalue weighted by Crippen LogP contribution is -2.27. The molecule has 0 bridgehead atoms. The van der Waals surface area contributed by atoms with Gasteiger partial charge in [-0.15, -0.1) is 0 Å². The van der Waals surface area contributed by atoms with Gasteiger partial charge in [0.1, 0.15) is 0 Å². The summed E-state index contributed by atoms with van der Waals surface area (Å²) in [6.45, 7) is 7.55. The maximum absolute atomic E-state index is 11.1. The zero-order valence-corrected chi connectivity index (χ0v) is 10.4. The molecule has 0 amide bonds. The van der Waals surface area contributed by atoms with E-state index >= 15 is 0 Å². The van der Waals surface area contributed by atoms with Crippen molar-refractivity contribution in [3.8, 4) is 0 Å². The summed E-state index contributed by atoms with van der Waals surface area (Å²) in [5.74, 6) is 1.16. The van der Waals surface area contributed by atoms with Gasteiger partial charge in [0, 0.05) is 12.3 Å². The third kappa shape index (κ3) is 7.33. The second-order valence-corrected chi connectivity index (χ2v) is 6.31. The zero-order chi connectivity index (χ0) is 11.0. The molecule has 14 heavy (non-hydrogen) atoms. The molecule has 0 heterocycles. The Kier molecular flexibility index (Phi) is 7.19. The fourth-order valence-electron chi connectivity index (χ4n) is 1.32. The number of rotatable bonds is 8.